The largest absolute Gasteiger partial charge is 0.453 e. The molecular weight excluding hydrogens is 439 g/mol. The Bertz CT molecular complexity index is 1400. The standard InChI is InChI=1S/C22H17BN6O3S/c1-32-22(31)27-21-26-15-6-5-13-17(12-3-2-8-25-10-12)28-29(18(13)19(15)33-21)16-7-4-11(20(24)30)9-14(16)23/h2-4,7-10H,5-6H2,1H3,(H2,24,30)(H,26,27,31). The van der Waals surface area contributed by atoms with Crippen LogP contribution in [-0.4, -0.2) is 46.7 Å². The molecule has 1 aliphatic rings. The number of hydrogen-bond donors (Lipinski definition) is 2. The second-order valence-corrected chi connectivity index (χ2v) is 8.38. The third kappa shape index (κ3) is 3.66. The van der Waals surface area contributed by atoms with Crippen LogP contribution in [0.5, 0.6) is 0 Å². The van der Waals surface area contributed by atoms with Crippen LogP contribution in [0.25, 0.3) is 27.5 Å². The van der Waals surface area contributed by atoms with E-state index in [1.807, 2.05) is 12.1 Å². The molecule has 9 nitrogen and oxygen atoms in total. The highest BCUT2D eigenvalue weighted by molar-refractivity contribution is 7.19. The first-order valence-corrected chi connectivity index (χ1v) is 10.8. The van der Waals surface area contributed by atoms with E-state index in [1.165, 1.54) is 24.5 Å². The lowest BCUT2D eigenvalue weighted by Gasteiger charge is -2.15. The SMILES string of the molecule is [B]c1cc(C(N)=O)ccc1-n1nc(-c2cccnc2)c2c1-c1sc(NC(=O)OC)nc1CC2. The first-order valence-electron chi connectivity index (χ1n) is 10.0. The van der Waals surface area contributed by atoms with Crippen molar-refractivity contribution in [1.29, 1.82) is 0 Å². The Morgan fingerprint density at radius 1 is 1.27 bits per heavy atom. The lowest BCUT2D eigenvalue weighted by molar-refractivity contribution is 0.100. The summed E-state index contributed by atoms with van der Waals surface area (Å²) < 4.78 is 6.45. The summed E-state index contributed by atoms with van der Waals surface area (Å²) in [6, 6.07) is 8.68. The van der Waals surface area contributed by atoms with Crippen molar-refractivity contribution in [2.24, 2.45) is 5.73 Å². The number of anilines is 1. The van der Waals surface area contributed by atoms with Gasteiger partial charge in [0.05, 0.1) is 34.8 Å². The molecule has 3 N–H and O–H groups in total. The van der Waals surface area contributed by atoms with Crippen LogP contribution in [0.2, 0.25) is 0 Å². The molecule has 0 aliphatic heterocycles. The minimum absolute atomic E-state index is 0.313. The van der Waals surface area contributed by atoms with Crippen molar-refractivity contribution in [1.82, 2.24) is 19.7 Å². The summed E-state index contributed by atoms with van der Waals surface area (Å²) in [6.07, 6.45) is 4.28. The molecule has 0 spiro atoms. The highest BCUT2D eigenvalue weighted by Crippen LogP contribution is 2.43. The van der Waals surface area contributed by atoms with Gasteiger partial charge in [-0.1, -0.05) is 22.9 Å². The van der Waals surface area contributed by atoms with Gasteiger partial charge in [0.15, 0.2) is 5.13 Å². The average molecular weight is 456 g/mol. The summed E-state index contributed by atoms with van der Waals surface area (Å²) in [4.78, 5) is 33.0. The minimum Gasteiger partial charge on any atom is -0.453 e. The quantitative estimate of drug-likeness (QED) is 0.454. The Morgan fingerprint density at radius 2 is 2.12 bits per heavy atom. The van der Waals surface area contributed by atoms with E-state index in [2.05, 4.69) is 15.3 Å². The fourth-order valence-electron chi connectivity index (χ4n) is 3.87. The zero-order valence-corrected chi connectivity index (χ0v) is 18.3. The number of aromatic nitrogens is 4. The van der Waals surface area contributed by atoms with Crippen molar-refractivity contribution in [2.75, 3.05) is 12.4 Å². The molecule has 3 aromatic heterocycles. The molecule has 2 amide bonds. The Hall–Kier alpha value is -3.99. The summed E-state index contributed by atoms with van der Waals surface area (Å²) >= 11 is 1.34. The molecule has 1 aliphatic carbocycles. The number of primary amides is 1. The summed E-state index contributed by atoms with van der Waals surface area (Å²) in [6.45, 7) is 0. The summed E-state index contributed by atoms with van der Waals surface area (Å²) in [7, 11) is 7.61. The maximum absolute atomic E-state index is 11.7. The van der Waals surface area contributed by atoms with Gasteiger partial charge in [-0.3, -0.25) is 15.1 Å². The Morgan fingerprint density at radius 3 is 2.82 bits per heavy atom. The number of nitrogens with two attached hydrogens (primary N) is 1. The van der Waals surface area contributed by atoms with Crippen LogP contribution in [0.3, 0.4) is 0 Å². The van der Waals surface area contributed by atoms with E-state index in [1.54, 1.807) is 29.2 Å². The number of nitrogens with zero attached hydrogens (tertiary/aromatic N) is 4. The third-order valence-electron chi connectivity index (χ3n) is 5.38. The third-order valence-corrected chi connectivity index (χ3v) is 6.40. The predicted octanol–water partition coefficient (Wildman–Crippen LogP) is 2.23. The smallest absolute Gasteiger partial charge is 0.413 e. The molecule has 11 heteroatoms. The van der Waals surface area contributed by atoms with Gasteiger partial charge in [-0.2, -0.15) is 5.10 Å². The van der Waals surface area contributed by atoms with Gasteiger partial charge in [0.2, 0.25) is 5.91 Å². The second kappa shape index (κ2) is 8.17. The molecule has 0 bridgehead atoms. The molecule has 1 aromatic carbocycles. The number of carbonyl (C=O) groups excluding carboxylic acids is 2. The zero-order chi connectivity index (χ0) is 23.1. The van der Waals surface area contributed by atoms with Gasteiger partial charge >= 0.3 is 6.09 Å². The summed E-state index contributed by atoms with van der Waals surface area (Å²) in [5.41, 5.74) is 11.1. The molecule has 0 unspecified atom stereocenters. The number of aryl methyl sites for hydroxylation is 1. The highest BCUT2D eigenvalue weighted by atomic mass is 32.1. The van der Waals surface area contributed by atoms with Gasteiger partial charge in [-0.25, -0.2) is 14.5 Å². The molecule has 2 radical (unpaired) electrons. The summed E-state index contributed by atoms with van der Waals surface area (Å²) in [5.74, 6) is -0.560. The van der Waals surface area contributed by atoms with Crippen LogP contribution < -0.4 is 16.5 Å². The van der Waals surface area contributed by atoms with E-state index in [9.17, 15) is 9.59 Å². The number of carbonyl (C=O) groups is 2. The van der Waals surface area contributed by atoms with Crippen LogP contribution in [0.4, 0.5) is 9.93 Å². The number of hydrogen-bond acceptors (Lipinski definition) is 7. The van der Waals surface area contributed by atoms with E-state index < -0.39 is 12.0 Å². The maximum atomic E-state index is 11.7. The number of ether oxygens (including phenoxy) is 1. The average Bonchev–Trinajstić information content (AvgIpc) is 3.40. The zero-order valence-electron chi connectivity index (χ0n) is 17.5. The van der Waals surface area contributed by atoms with E-state index >= 15 is 0 Å². The van der Waals surface area contributed by atoms with E-state index in [0.717, 1.165) is 33.1 Å². The number of fused-ring (bicyclic) bond motifs is 3. The van der Waals surface area contributed by atoms with Crippen LogP contribution in [-0.2, 0) is 17.6 Å². The van der Waals surface area contributed by atoms with Gasteiger partial charge in [0.25, 0.3) is 0 Å². The fraction of sp³-hybridized carbons (Fsp3) is 0.136. The van der Waals surface area contributed by atoms with Crippen molar-refractivity contribution in [3.05, 3.63) is 59.5 Å². The van der Waals surface area contributed by atoms with Crippen molar-refractivity contribution < 1.29 is 14.3 Å². The maximum Gasteiger partial charge on any atom is 0.413 e. The molecule has 0 fully saturated rings. The molecule has 162 valence electrons. The molecule has 0 saturated heterocycles. The van der Waals surface area contributed by atoms with E-state index in [4.69, 9.17) is 23.4 Å². The first-order chi connectivity index (χ1) is 16.0. The fourth-order valence-corrected chi connectivity index (χ4v) is 4.93. The highest BCUT2D eigenvalue weighted by Gasteiger charge is 2.30. The van der Waals surface area contributed by atoms with Gasteiger partial charge in [0, 0.05) is 29.1 Å². The van der Waals surface area contributed by atoms with Crippen molar-refractivity contribution in [3.63, 3.8) is 0 Å². The Kier molecular flexibility index (Phi) is 5.17. The van der Waals surface area contributed by atoms with Crippen LogP contribution >= 0.6 is 11.3 Å². The predicted molar refractivity (Wildman–Crippen MR) is 125 cm³/mol. The molecule has 3 heterocycles. The summed E-state index contributed by atoms with van der Waals surface area (Å²) in [5, 5.41) is 7.98. The van der Waals surface area contributed by atoms with Crippen LogP contribution in [0.1, 0.15) is 21.6 Å². The van der Waals surface area contributed by atoms with Gasteiger partial charge in [-0.05, 0) is 37.1 Å². The number of benzene rings is 1. The molecule has 0 atom stereocenters. The van der Waals surface area contributed by atoms with Crippen molar-refractivity contribution >= 4 is 41.8 Å². The lowest BCUT2D eigenvalue weighted by Crippen LogP contribution is -2.19. The van der Waals surface area contributed by atoms with Crippen molar-refractivity contribution in [2.45, 2.75) is 12.8 Å². The number of nitrogens with one attached hydrogen (secondary N) is 1. The molecule has 33 heavy (non-hydrogen) atoms. The van der Waals surface area contributed by atoms with E-state index in [0.29, 0.717) is 34.7 Å². The minimum atomic E-state index is -0.586. The number of pyridine rings is 1. The molecule has 4 aromatic rings. The number of methoxy groups -OCH3 is 1. The Balaban J connectivity index is 1.72. The second-order valence-electron chi connectivity index (χ2n) is 7.38. The molecule has 0 saturated carbocycles. The molecular formula is C22H17BN6O3S. The number of rotatable bonds is 4. The molecule has 5 rings (SSSR count). The van der Waals surface area contributed by atoms with Crippen molar-refractivity contribution in [3.8, 4) is 27.5 Å². The monoisotopic (exact) mass is 456 g/mol. The van der Waals surface area contributed by atoms with Gasteiger partial charge < -0.3 is 10.5 Å². The van der Waals surface area contributed by atoms with E-state index in [-0.39, 0.29) is 0 Å². The Labute approximate surface area is 194 Å². The number of thiazole rings is 1. The first kappa shape index (κ1) is 20.9. The number of amides is 2. The van der Waals surface area contributed by atoms with Crippen LogP contribution in [0, 0.1) is 0 Å². The topological polar surface area (TPSA) is 125 Å². The lowest BCUT2D eigenvalue weighted by atomic mass is 9.91. The van der Waals surface area contributed by atoms with Gasteiger partial charge in [0.1, 0.15) is 7.85 Å². The normalized spacial score (nSPS) is 12.0. The van der Waals surface area contributed by atoms with Crippen LogP contribution in [0.15, 0.2) is 42.7 Å². The van der Waals surface area contributed by atoms with Gasteiger partial charge in [-0.15, -0.1) is 0 Å².